The van der Waals surface area contributed by atoms with Crippen molar-refractivity contribution in [2.45, 2.75) is 13.3 Å². The molecule has 0 aliphatic carbocycles. The number of nitro benzene ring substituents is 1. The zero-order chi connectivity index (χ0) is 21.8. The van der Waals surface area contributed by atoms with Crippen molar-refractivity contribution in [3.05, 3.63) is 73.6 Å². The number of rotatable bonds is 7. The Morgan fingerprint density at radius 1 is 1.13 bits per heavy atom. The molecule has 0 unspecified atom stereocenters. The van der Waals surface area contributed by atoms with E-state index in [2.05, 4.69) is 10.3 Å². The van der Waals surface area contributed by atoms with Gasteiger partial charge in [0.05, 0.1) is 24.7 Å². The fourth-order valence-electron chi connectivity index (χ4n) is 3.18. The lowest BCUT2D eigenvalue weighted by Gasteiger charge is -2.11. The molecule has 2 N–H and O–H groups in total. The topological polar surface area (TPSA) is 124 Å². The summed E-state index contributed by atoms with van der Waals surface area (Å²) < 4.78 is 10.6. The molecule has 9 heteroatoms. The van der Waals surface area contributed by atoms with Crippen molar-refractivity contribution < 1.29 is 19.2 Å². The van der Waals surface area contributed by atoms with Gasteiger partial charge >= 0.3 is 0 Å². The number of amides is 1. The Kier molecular flexibility index (Phi) is 6.01. The summed E-state index contributed by atoms with van der Waals surface area (Å²) in [6, 6.07) is 9.45. The Bertz CT molecular complexity index is 1190. The first kappa shape index (κ1) is 20.8. The highest BCUT2D eigenvalue weighted by Gasteiger charge is 2.15. The van der Waals surface area contributed by atoms with Crippen molar-refractivity contribution in [3.8, 4) is 11.5 Å². The molecular weight excluding hydrogens is 390 g/mol. The van der Waals surface area contributed by atoms with Crippen molar-refractivity contribution in [1.82, 2.24) is 10.3 Å². The number of nitrogens with zero attached hydrogens (tertiary/aromatic N) is 1. The Labute approximate surface area is 171 Å². The van der Waals surface area contributed by atoms with Gasteiger partial charge in [-0.2, -0.15) is 0 Å². The first-order valence-electron chi connectivity index (χ1n) is 9.15. The second-order valence-corrected chi connectivity index (χ2v) is 6.65. The van der Waals surface area contributed by atoms with Crippen LogP contribution in [0.3, 0.4) is 0 Å². The van der Waals surface area contributed by atoms with Crippen molar-refractivity contribution in [2.75, 3.05) is 20.8 Å². The summed E-state index contributed by atoms with van der Waals surface area (Å²) in [7, 11) is 3.05. The zero-order valence-electron chi connectivity index (χ0n) is 16.8. The van der Waals surface area contributed by atoms with E-state index in [0.717, 1.165) is 0 Å². The largest absolute Gasteiger partial charge is 0.496 e. The van der Waals surface area contributed by atoms with Crippen molar-refractivity contribution in [1.29, 1.82) is 0 Å². The number of hydrogen-bond donors (Lipinski definition) is 2. The summed E-state index contributed by atoms with van der Waals surface area (Å²) in [6.45, 7) is 1.79. The van der Waals surface area contributed by atoms with E-state index < -0.39 is 10.8 Å². The molecule has 0 radical (unpaired) electrons. The van der Waals surface area contributed by atoms with Crippen molar-refractivity contribution in [3.63, 3.8) is 0 Å². The molecule has 0 atom stereocenters. The summed E-state index contributed by atoms with van der Waals surface area (Å²) >= 11 is 0. The molecule has 1 aromatic heterocycles. The maximum atomic E-state index is 12.5. The highest BCUT2D eigenvalue weighted by atomic mass is 16.6. The summed E-state index contributed by atoms with van der Waals surface area (Å²) in [6.07, 6.45) is 0.269. The van der Waals surface area contributed by atoms with Crippen LogP contribution >= 0.6 is 0 Å². The fraction of sp³-hybridized carbons (Fsp3) is 0.238. The number of carbonyl (C=O) groups is 1. The van der Waals surface area contributed by atoms with Crippen LogP contribution in [0, 0.1) is 17.0 Å². The highest BCUT2D eigenvalue weighted by molar-refractivity contribution is 5.95. The average molecular weight is 411 g/mol. The lowest BCUT2D eigenvalue weighted by molar-refractivity contribution is -0.385. The number of aromatic nitrogens is 1. The molecule has 0 bridgehead atoms. The minimum Gasteiger partial charge on any atom is -0.496 e. The number of H-pyrrole nitrogens is 1. The van der Waals surface area contributed by atoms with Crippen LogP contribution in [-0.4, -0.2) is 36.6 Å². The molecule has 0 aliphatic heterocycles. The Balaban J connectivity index is 1.78. The van der Waals surface area contributed by atoms with E-state index in [1.807, 2.05) is 0 Å². The van der Waals surface area contributed by atoms with Crippen LogP contribution in [0.2, 0.25) is 0 Å². The lowest BCUT2D eigenvalue weighted by Crippen LogP contribution is -2.27. The summed E-state index contributed by atoms with van der Waals surface area (Å²) in [5.74, 6) is 0.651. The number of nitrogens with one attached hydrogen (secondary N) is 2. The number of nitro groups is 1. The monoisotopic (exact) mass is 411 g/mol. The third-order valence-corrected chi connectivity index (χ3v) is 4.80. The quantitative estimate of drug-likeness (QED) is 0.455. The number of aryl methyl sites for hydroxylation is 1. The molecule has 1 heterocycles. The van der Waals surface area contributed by atoms with E-state index in [9.17, 15) is 19.7 Å². The number of pyridine rings is 1. The normalized spacial score (nSPS) is 10.6. The van der Waals surface area contributed by atoms with Crippen molar-refractivity contribution in [2.24, 2.45) is 0 Å². The van der Waals surface area contributed by atoms with Gasteiger partial charge in [-0.3, -0.25) is 19.7 Å². The first-order chi connectivity index (χ1) is 14.3. The Morgan fingerprint density at radius 2 is 1.83 bits per heavy atom. The number of hydrogen-bond acceptors (Lipinski definition) is 6. The molecule has 30 heavy (non-hydrogen) atoms. The van der Waals surface area contributed by atoms with Crippen LogP contribution in [0.25, 0.3) is 10.9 Å². The van der Waals surface area contributed by atoms with Gasteiger partial charge in [-0.05, 0) is 37.6 Å². The van der Waals surface area contributed by atoms with Gasteiger partial charge in [0.15, 0.2) is 0 Å². The van der Waals surface area contributed by atoms with Gasteiger partial charge in [0.1, 0.15) is 11.5 Å². The lowest BCUT2D eigenvalue weighted by atomic mass is 10.1. The molecule has 3 aromatic rings. The maximum Gasteiger partial charge on any atom is 0.273 e. The molecule has 3 rings (SSSR count). The zero-order valence-corrected chi connectivity index (χ0v) is 16.8. The molecule has 0 aliphatic rings. The number of benzene rings is 2. The SMILES string of the molecule is COc1ccc(OC)c2[nH]c(=O)c(CCNC(=O)c3ccc(C)c([N+](=O)[O-])c3)cc12. The van der Waals surface area contributed by atoms with Crippen LogP contribution in [0.15, 0.2) is 41.2 Å². The van der Waals surface area contributed by atoms with Gasteiger partial charge in [-0.25, -0.2) is 0 Å². The average Bonchev–Trinajstić information content (AvgIpc) is 2.73. The number of methoxy groups -OCH3 is 2. The van der Waals surface area contributed by atoms with E-state index in [1.165, 1.54) is 32.4 Å². The number of carbonyl (C=O) groups excluding carboxylic acids is 1. The summed E-state index contributed by atoms with van der Waals surface area (Å²) in [5, 5.41) is 14.4. The van der Waals surface area contributed by atoms with Crippen LogP contribution in [0.1, 0.15) is 21.5 Å². The number of fused-ring (bicyclic) bond motifs is 1. The van der Waals surface area contributed by atoms with Gasteiger partial charge in [0, 0.05) is 34.7 Å². The molecule has 2 aromatic carbocycles. The van der Waals surface area contributed by atoms with Crippen molar-refractivity contribution >= 4 is 22.5 Å². The predicted octanol–water partition coefficient (Wildman–Crippen LogP) is 2.73. The Morgan fingerprint density at radius 3 is 2.50 bits per heavy atom. The van der Waals surface area contributed by atoms with E-state index in [0.29, 0.717) is 33.5 Å². The first-order valence-corrected chi connectivity index (χ1v) is 9.15. The second-order valence-electron chi connectivity index (χ2n) is 6.65. The van der Waals surface area contributed by atoms with E-state index in [1.54, 1.807) is 25.1 Å². The Hall–Kier alpha value is -3.88. The molecule has 0 fully saturated rings. The van der Waals surface area contributed by atoms with E-state index >= 15 is 0 Å². The molecular formula is C21H21N3O6. The molecule has 0 saturated heterocycles. The third-order valence-electron chi connectivity index (χ3n) is 4.80. The standard InChI is InChI=1S/C21H21N3O6/c1-12-4-5-13(11-16(12)24(27)28)20(25)22-9-8-14-10-15-17(29-2)6-7-18(30-3)19(15)23-21(14)26/h4-7,10-11H,8-9H2,1-3H3,(H,22,25)(H,23,26). The molecule has 0 saturated carbocycles. The van der Waals surface area contributed by atoms with E-state index in [4.69, 9.17) is 9.47 Å². The maximum absolute atomic E-state index is 12.5. The van der Waals surface area contributed by atoms with Gasteiger partial charge in [-0.1, -0.05) is 6.07 Å². The van der Waals surface area contributed by atoms with Gasteiger partial charge in [0.25, 0.3) is 17.2 Å². The predicted molar refractivity (Wildman–Crippen MR) is 112 cm³/mol. The van der Waals surface area contributed by atoms with Crippen LogP contribution in [0.4, 0.5) is 5.69 Å². The molecule has 1 amide bonds. The number of aromatic amines is 1. The molecule has 156 valence electrons. The molecule has 9 nitrogen and oxygen atoms in total. The summed E-state index contributed by atoms with van der Waals surface area (Å²) in [5.41, 5.74) is 1.24. The second kappa shape index (κ2) is 8.64. The van der Waals surface area contributed by atoms with Gasteiger partial charge < -0.3 is 19.8 Å². The van der Waals surface area contributed by atoms with Gasteiger partial charge in [0.2, 0.25) is 0 Å². The van der Waals surface area contributed by atoms with E-state index in [-0.39, 0.29) is 29.8 Å². The van der Waals surface area contributed by atoms with Gasteiger partial charge in [-0.15, -0.1) is 0 Å². The molecule has 0 spiro atoms. The summed E-state index contributed by atoms with van der Waals surface area (Å²) in [4.78, 5) is 38.1. The number of ether oxygens (including phenoxy) is 2. The smallest absolute Gasteiger partial charge is 0.273 e. The van der Waals surface area contributed by atoms with Crippen LogP contribution < -0.4 is 20.3 Å². The fourth-order valence-corrected chi connectivity index (χ4v) is 3.18. The minimum atomic E-state index is -0.525. The van der Waals surface area contributed by atoms with Crippen LogP contribution in [-0.2, 0) is 6.42 Å². The van der Waals surface area contributed by atoms with Crippen LogP contribution in [0.5, 0.6) is 11.5 Å². The minimum absolute atomic E-state index is 0.116. The third kappa shape index (κ3) is 4.09. The highest BCUT2D eigenvalue weighted by Crippen LogP contribution is 2.31.